The Bertz CT molecular complexity index is 757. The van der Waals surface area contributed by atoms with Crippen LogP contribution in [0.2, 0.25) is 0 Å². The van der Waals surface area contributed by atoms with Crippen molar-refractivity contribution in [2.45, 2.75) is 52.4 Å². The van der Waals surface area contributed by atoms with Gasteiger partial charge < -0.3 is 14.8 Å². The zero-order chi connectivity index (χ0) is 17.6. The molecular formula is C19H30N6. The lowest BCUT2D eigenvalue weighted by Gasteiger charge is -2.39. The lowest BCUT2D eigenvalue weighted by Crippen LogP contribution is -2.55. The van der Waals surface area contributed by atoms with Crippen molar-refractivity contribution in [1.29, 1.82) is 0 Å². The molecule has 4 heterocycles. The summed E-state index contributed by atoms with van der Waals surface area (Å²) in [4.78, 5) is 14.6. The molecule has 2 aliphatic rings. The SMILES string of the molecule is Cc1cnc2c(n1)c1c(n2CCN2[C@@H](C)CNC[C@@H]2C)CCN(C)C1. The second-order valence-corrected chi connectivity index (χ2v) is 7.84. The van der Waals surface area contributed by atoms with Crippen molar-refractivity contribution in [3.8, 4) is 0 Å². The first-order chi connectivity index (χ1) is 12.0. The van der Waals surface area contributed by atoms with Crippen molar-refractivity contribution < 1.29 is 0 Å². The summed E-state index contributed by atoms with van der Waals surface area (Å²) in [5, 5.41) is 3.52. The van der Waals surface area contributed by atoms with E-state index in [0.29, 0.717) is 12.1 Å². The maximum Gasteiger partial charge on any atom is 0.159 e. The molecule has 2 aromatic rings. The second-order valence-electron chi connectivity index (χ2n) is 7.84. The van der Waals surface area contributed by atoms with E-state index < -0.39 is 0 Å². The summed E-state index contributed by atoms with van der Waals surface area (Å²) in [7, 11) is 2.19. The van der Waals surface area contributed by atoms with Crippen LogP contribution in [0.25, 0.3) is 11.2 Å². The smallest absolute Gasteiger partial charge is 0.159 e. The van der Waals surface area contributed by atoms with Gasteiger partial charge in [0.1, 0.15) is 5.52 Å². The first kappa shape index (κ1) is 16.9. The lowest BCUT2D eigenvalue weighted by molar-refractivity contribution is 0.112. The van der Waals surface area contributed by atoms with Crippen LogP contribution in [0.5, 0.6) is 0 Å². The molecule has 1 fully saturated rings. The van der Waals surface area contributed by atoms with Gasteiger partial charge in [0.05, 0.1) is 11.9 Å². The average molecular weight is 342 g/mol. The van der Waals surface area contributed by atoms with Crippen molar-refractivity contribution in [2.75, 3.05) is 33.2 Å². The third kappa shape index (κ3) is 3.07. The predicted octanol–water partition coefficient (Wildman–Crippen LogP) is 1.41. The van der Waals surface area contributed by atoms with E-state index in [1.54, 1.807) is 0 Å². The standard InChI is InChI=1S/C19H30N6/c1-13-9-21-19-18(22-13)16-12-23(4)6-5-17(16)25(19)8-7-24-14(2)10-20-11-15(24)3/h9,14-15,20H,5-8,10-12H2,1-4H3/t14-,15-/m0/s1. The number of hydrogen-bond donors (Lipinski definition) is 1. The van der Waals surface area contributed by atoms with Crippen molar-refractivity contribution in [1.82, 2.24) is 29.7 Å². The minimum absolute atomic E-state index is 0.584. The monoisotopic (exact) mass is 342 g/mol. The van der Waals surface area contributed by atoms with Gasteiger partial charge >= 0.3 is 0 Å². The summed E-state index contributed by atoms with van der Waals surface area (Å²) in [6.45, 7) is 13.0. The molecule has 2 atom stereocenters. The van der Waals surface area contributed by atoms with E-state index in [1.165, 1.54) is 11.3 Å². The Labute approximate surface area is 150 Å². The summed E-state index contributed by atoms with van der Waals surface area (Å²) in [6, 6.07) is 1.17. The number of nitrogens with one attached hydrogen (secondary N) is 1. The van der Waals surface area contributed by atoms with Gasteiger partial charge in [-0.15, -0.1) is 0 Å². The molecule has 0 saturated carbocycles. The molecule has 0 bridgehead atoms. The van der Waals surface area contributed by atoms with E-state index in [0.717, 1.165) is 62.5 Å². The molecule has 0 aromatic carbocycles. The number of hydrogen-bond acceptors (Lipinski definition) is 5. The highest BCUT2D eigenvalue weighted by Gasteiger charge is 2.27. The van der Waals surface area contributed by atoms with Gasteiger partial charge in [-0.2, -0.15) is 0 Å². The van der Waals surface area contributed by atoms with Gasteiger partial charge in [-0.25, -0.2) is 9.97 Å². The van der Waals surface area contributed by atoms with Gasteiger partial charge in [-0.1, -0.05) is 0 Å². The molecule has 1 N–H and O–H groups in total. The molecule has 6 nitrogen and oxygen atoms in total. The number of aryl methyl sites for hydroxylation is 1. The number of piperazine rings is 1. The van der Waals surface area contributed by atoms with E-state index in [1.807, 2.05) is 13.1 Å². The Morgan fingerprint density at radius 1 is 1.20 bits per heavy atom. The van der Waals surface area contributed by atoms with Crippen LogP contribution in [0.15, 0.2) is 6.20 Å². The molecule has 0 amide bonds. The molecule has 1 saturated heterocycles. The number of rotatable bonds is 3. The molecule has 0 aliphatic carbocycles. The van der Waals surface area contributed by atoms with Gasteiger partial charge in [0.2, 0.25) is 0 Å². The van der Waals surface area contributed by atoms with E-state index in [9.17, 15) is 0 Å². The normalized spacial score (nSPS) is 25.4. The number of fused-ring (bicyclic) bond motifs is 3. The largest absolute Gasteiger partial charge is 0.327 e. The molecule has 4 rings (SSSR count). The number of nitrogens with zero attached hydrogens (tertiary/aromatic N) is 5. The van der Waals surface area contributed by atoms with Crippen LogP contribution in [0.3, 0.4) is 0 Å². The zero-order valence-corrected chi connectivity index (χ0v) is 15.9. The van der Waals surface area contributed by atoms with Gasteiger partial charge in [0.15, 0.2) is 5.65 Å². The first-order valence-electron chi connectivity index (χ1n) is 9.53. The van der Waals surface area contributed by atoms with Gasteiger partial charge in [0, 0.05) is 69.0 Å². The van der Waals surface area contributed by atoms with Crippen molar-refractivity contribution in [2.24, 2.45) is 0 Å². The molecule has 2 aliphatic heterocycles. The fourth-order valence-electron chi connectivity index (χ4n) is 4.46. The van der Waals surface area contributed by atoms with Gasteiger partial charge in [-0.05, 0) is 27.8 Å². The third-order valence-corrected chi connectivity index (χ3v) is 5.84. The van der Waals surface area contributed by atoms with Crippen LogP contribution in [0.1, 0.15) is 30.8 Å². The quantitative estimate of drug-likeness (QED) is 0.914. The molecule has 136 valence electrons. The minimum Gasteiger partial charge on any atom is -0.327 e. The Balaban J connectivity index is 1.67. The first-order valence-corrected chi connectivity index (χ1v) is 9.53. The lowest BCUT2D eigenvalue weighted by atomic mass is 10.1. The fourth-order valence-corrected chi connectivity index (χ4v) is 4.46. The van der Waals surface area contributed by atoms with Gasteiger partial charge in [0.25, 0.3) is 0 Å². The van der Waals surface area contributed by atoms with Crippen molar-refractivity contribution >= 4 is 11.2 Å². The Morgan fingerprint density at radius 3 is 2.72 bits per heavy atom. The fraction of sp³-hybridized carbons (Fsp3) is 0.684. The Hall–Kier alpha value is -1.50. The third-order valence-electron chi connectivity index (χ3n) is 5.84. The molecule has 25 heavy (non-hydrogen) atoms. The molecular weight excluding hydrogens is 312 g/mol. The summed E-state index contributed by atoms with van der Waals surface area (Å²) in [5.74, 6) is 0. The molecule has 0 spiro atoms. The summed E-state index contributed by atoms with van der Waals surface area (Å²) >= 11 is 0. The van der Waals surface area contributed by atoms with Crippen LogP contribution in [0, 0.1) is 6.92 Å². The highest BCUT2D eigenvalue weighted by Crippen LogP contribution is 2.28. The van der Waals surface area contributed by atoms with Gasteiger partial charge in [-0.3, -0.25) is 4.90 Å². The highest BCUT2D eigenvalue weighted by molar-refractivity contribution is 5.78. The zero-order valence-electron chi connectivity index (χ0n) is 15.9. The van der Waals surface area contributed by atoms with Crippen molar-refractivity contribution in [3.63, 3.8) is 0 Å². The molecule has 0 unspecified atom stereocenters. The highest BCUT2D eigenvalue weighted by atomic mass is 15.3. The van der Waals surface area contributed by atoms with E-state index in [4.69, 9.17) is 9.97 Å². The maximum atomic E-state index is 4.84. The summed E-state index contributed by atoms with van der Waals surface area (Å²) in [5.41, 5.74) is 6.03. The number of aromatic nitrogens is 3. The molecule has 6 heteroatoms. The van der Waals surface area contributed by atoms with Crippen LogP contribution in [-0.4, -0.2) is 69.6 Å². The number of likely N-dealkylation sites (N-methyl/N-ethyl adjacent to an activating group) is 1. The summed E-state index contributed by atoms with van der Waals surface area (Å²) in [6.07, 6.45) is 3.00. The Kier molecular flexibility index (Phi) is 4.52. The summed E-state index contributed by atoms with van der Waals surface area (Å²) < 4.78 is 2.45. The van der Waals surface area contributed by atoms with Crippen LogP contribution >= 0.6 is 0 Å². The molecule has 0 radical (unpaired) electrons. The van der Waals surface area contributed by atoms with Crippen LogP contribution < -0.4 is 5.32 Å². The van der Waals surface area contributed by atoms with E-state index >= 15 is 0 Å². The van der Waals surface area contributed by atoms with E-state index in [-0.39, 0.29) is 0 Å². The van der Waals surface area contributed by atoms with E-state index in [2.05, 4.69) is 40.6 Å². The van der Waals surface area contributed by atoms with Crippen LogP contribution in [-0.2, 0) is 19.5 Å². The maximum absolute atomic E-state index is 4.84. The predicted molar refractivity (Wildman–Crippen MR) is 101 cm³/mol. The second kappa shape index (κ2) is 6.67. The topological polar surface area (TPSA) is 49.2 Å². The van der Waals surface area contributed by atoms with Crippen LogP contribution in [0.4, 0.5) is 0 Å². The van der Waals surface area contributed by atoms with Crippen molar-refractivity contribution in [3.05, 3.63) is 23.1 Å². The Morgan fingerprint density at radius 2 is 1.96 bits per heavy atom. The minimum atomic E-state index is 0.584. The molecule has 2 aromatic heterocycles. The average Bonchev–Trinajstić information content (AvgIpc) is 2.87.